The molecule has 3 nitrogen and oxygen atoms in total. The van der Waals surface area contributed by atoms with Gasteiger partial charge in [-0.05, 0) is 28.8 Å². The molecule has 0 atom stereocenters. The topological polar surface area (TPSA) is 29.0 Å². The van der Waals surface area contributed by atoms with E-state index in [0.717, 1.165) is 39.7 Å². The highest BCUT2D eigenvalue weighted by Gasteiger charge is 2.37. The second-order valence-electron chi connectivity index (χ2n) is 9.16. The molecule has 0 amide bonds. The van der Waals surface area contributed by atoms with Crippen LogP contribution in [0.3, 0.4) is 0 Å². The van der Waals surface area contributed by atoms with Gasteiger partial charge in [-0.2, -0.15) is 0 Å². The normalized spacial score (nSPS) is 13.8. The van der Waals surface area contributed by atoms with Crippen LogP contribution < -0.4 is 4.90 Å². The molecule has 164 valence electrons. The van der Waals surface area contributed by atoms with Crippen LogP contribution in [0.15, 0.2) is 115 Å². The fraction of sp³-hybridized carbons (Fsp3) is 0.0968. The molecule has 0 bridgehead atoms. The van der Waals surface area contributed by atoms with E-state index in [9.17, 15) is 0 Å². The smallest absolute Gasteiger partial charge is 0.161 e. The summed E-state index contributed by atoms with van der Waals surface area (Å²) in [6, 6.07) is 37.9. The number of nitrogens with zero attached hydrogens (tertiary/aromatic N) is 3. The molecule has 1 aliphatic rings. The van der Waals surface area contributed by atoms with Crippen LogP contribution in [0.25, 0.3) is 22.5 Å². The van der Waals surface area contributed by atoms with Gasteiger partial charge in [0.05, 0.1) is 11.4 Å². The van der Waals surface area contributed by atoms with Gasteiger partial charge in [-0.1, -0.05) is 111 Å². The van der Waals surface area contributed by atoms with Crippen molar-refractivity contribution in [3.8, 4) is 22.5 Å². The van der Waals surface area contributed by atoms with E-state index in [-0.39, 0.29) is 5.41 Å². The zero-order valence-electron chi connectivity index (χ0n) is 19.3. The van der Waals surface area contributed by atoms with Gasteiger partial charge >= 0.3 is 0 Å². The Hall–Kier alpha value is -4.24. The van der Waals surface area contributed by atoms with Gasteiger partial charge in [0.1, 0.15) is 5.82 Å². The summed E-state index contributed by atoms with van der Waals surface area (Å²) in [5, 5.41) is 0. The Bertz CT molecular complexity index is 1420. The standard InChI is InChI=1S/C31H25N3/c1-31(2)25-17-9-11-19-27(25)34(28-20-12-10-18-26(28)31)30-24(22-13-5-3-6-14-22)21-32-29(33-30)23-15-7-4-8-16-23/h3-21H,1-2H3. The fourth-order valence-corrected chi connectivity index (χ4v) is 4.99. The van der Waals surface area contributed by atoms with Crippen molar-refractivity contribution in [2.75, 3.05) is 4.90 Å². The molecule has 2 heterocycles. The van der Waals surface area contributed by atoms with E-state index in [1.165, 1.54) is 11.1 Å². The second kappa shape index (κ2) is 7.96. The summed E-state index contributed by atoms with van der Waals surface area (Å²) in [5.74, 6) is 1.60. The third-order valence-corrected chi connectivity index (χ3v) is 6.73. The Morgan fingerprint density at radius 3 is 1.68 bits per heavy atom. The van der Waals surface area contributed by atoms with Crippen LogP contribution in [0.4, 0.5) is 17.2 Å². The largest absolute Gasteiger partial charge is 0.294 e. The molecule has 0 N–H and O–H groups in total. The average Bonchev–Trinajstić information content (AvgIpc) is 2.90. The Morgan fingerprint density at radius 2 is 1.09 bits per heavy atom. The number of aromatic nitrogens is 2. The lowest BCUT2D eigenvalue weighted by atomic mass is 9.73. The van der Waals surface area contributed by atoms with Crippen molar-refractivity contribution < 1.29 is 0 Å². The molecule has 0 unspecified atom stereocenters. The maximum absolute atomic E-state index is 5.20. The number of benzene rings is 4. The molecule has 0 saturated heterocycles. The Morgan fingerprint density at radius 1 is 0.588 bits per heavy atom. The molecule has 1 aliphatic heterocycles. The van der Waals surface area contributed by atoms with Crippen molar-refractivity contribution in [3.05, 3.63) is 127 Å². The highest BCUT2D eigenvalue weighted by atomic mass is 15.2. The van der Waals surface area contributed by atoms with E-state index in [0.29, 0.717) is 0 Å². The quantitative estimate of drug-likeness (QED) is 0.286. The van der Waals surface area contributed by atoms with Crippen LogP contribution in [0.5, 0.6) is 0 Å². The van der Waals surface area contributed by atoms with E-state index >= 15 is 0 Å². The van der Waals surface area contributed by atoms with Crippen LogP contribution in [-0.2, 0) is 5.41 Å². The van der Waals surface area contributed by atoms with Crippen molar-refractivity contribution in [2.24, 2.45) is 0 Å². The Labute approximate surface area is 200 Å². The first kappa shape index (κ1) is 20.4. The van der Waals surface area contributed by atoms with E-state index in [4.69, 9.17) is 9.97 Å². The summed E-state index contributed by atoms with van der Waals surface area (Å²) in [6.45, 7) is 4.60. The first-order chi connectivity index (χ1) is 16.6. The van der Waals surface area contributed by atoms with Crippen LogP contribution in [0.2, 0.25) is 0 Å². The SMILES string of the molecule is CC1(C)c2ccccc2N(c2nc(-c3ccccc3)ncc2-c2ccccc2)c2ccccc21. The molecule has 5 aromatic rings. The molecule has 4 aromatic carbocycles. The lowest BCUT2D eigenvalue weighted by Crippen LogP contribution is -2.31. The van der Waals surface area contributed by atoms with Crippen LogP contribution in [0, 0.1) is 0 Å². The Balaban J connectivity index is 1.67. The summed E-state index contributed by atoms with van der Waals surface area (Å²) >= 11 is 0. The molecular weight excluding hydrogens is 414 g/mol. The van der Waals surface area contributed by atoms with E-state index in [1.54, 1.807) is 0 Å². The van der Waals surface area contributed by atoms with Gasteiger partial charge in [0, 0.05) is 22.7 Å². The van der Waals surface area contributed by atoms with Crippen molar-refractivity contribution in [1.82, 2.24) is 9.97 Å². The first-order valence-corrected chi connectivity index (χ1v) is 11.6. The minimum absolute atomic E-state index is 0.119. The molecule has 0 saturated carbocycles. The zero-order valence-corrected chi connectivity index (χ0v) is 19.3. The summed E-state index contributed by atoms with van der Waals surface area (Å²) in [7, 11) is 0. The molecule has 0 fully saturated rings. The second-order valence-corrected chi connectivity index (χ2v) is 9.16. The molecule has 1 aromatic heterocycles. The van der Waals surface area contributed by atoms with Crippen molar-refractivity contribution in [3.63, 3.8) is 0 Å². The van der Waals surface area contributed by atoms with Crippen molar-refractivity contribution in [1.29, 1.82) is 0 Å². The van der Waals surface area contributed by atoms with E-state index in [2.05, 4.69) is 104 Å². The molecular formula is C31H25N3. The third kappa shape index (κ3) is 3.20. The fourth-order valence-electron chi connectivity index (χ4n) is 4.99. The molecule has 3 heteroatoms. The summed E-state index contributed by atoms with van der Waals surface area (Å²) < 4.78 is 0. The Kier molecular flexibility index (Phi) is 4.77. The summed E-state index contributed by atoms with van der Waals surface area (Å²) in [4.78, 5) is 12.3. The third-order valence-electron chi connectivity index (χ3n) is 6.73. The van der Waals surface area contributed by atoms with Gasteiger partial charge in [-0.25, -0.2) is 9.97 Å². The highest BCUT2D eigenvalue weighted by Crippen LogP contribution is 2.52. The van der Waals surface area contributed by atoms with Gasteiger partial charge in [0.15, 0.2) is 5.82 Å². The van der Waals surface area contributed by atoms with Gasteiger partial charge in [-0.3, -0.25) is 4.90 Å². The minimum atomic E-state index is -0.119. The minimum Gasteiger partial charge on any atom is -0.294 e. The van der Waals surface area contributed by atoms with E-state index < -0.39 is 0 Å². The summed E-state index contributed by atoms with van der Waals surface area (Å²) in [5.41, 5.74) is 7.86. The van der Waals surface area contributed by atoms with Gasteiger partial charge in [0.2, 0.25) is 0 Å². The number of anilines is 3. The molecule has 0 aliphatic carbocycles. The summed E-state index contributed by atoms with van der Waals surface area (Å²) in [6.07, 6.45) is 1.96. The lowest BCUT2D eigenvalue weighted by molar-refractivity contribution is 0.631. The van der Waals surface area contributed by atoms with Crippen LogP contribution >= 0.6 is 0 Å². The van der Waals surface area contributed by atoms with Gasteiger partial charge < -0.3 is 0 Å². The van der Waals surface area contributed by atoms with Gasteiger partial charge in [-0.15, -0.1) is 0 Å². The first-order valence-electron chi connectivity index (χ1n) is 11.6. The maximum atomic E-state index is 5.20. The monoisotopic (exact) mass is 439 g/mol. The number of rotatable bonds is 3. The zero-order chi connectivity index (χ0) is 23.1. The van der Waals surface area contributed by atoms with Crippen molar-refractivity contribution >= 4 is 17.2 Å². The highest BCUT2D eigenvalue weighted by molar-refractivity contribution is 5.91. The number of hydrogen-bond acceptors (Lipinski definition) is 3. The molecule has 6 rings (SSSR count). The number of fused-ring (bicyclic) bond motifs is 2. The van der Waals surface area contributed by atoms with Crippen LogP contribution in [-0.4, -0.2) is 9.97 Å². The predicted octanol–water partition coefficient (Wildman–Crippen LogP) is 7.92. The predicted molar refractivity (Wildman–Crippen MR) is 140 cm³/mol. The number of para-hydroxylation sites is 2. The number of hydrogen-bond donors (Lipinski definition) is 0. The lowest BCUT2D eigenvalue weighted by Gasteiger charge is -2.41. The van der Waals surface area contributed by atoms with E-state index in [1.807, 2.05) is 30.5 Å². The maximum Gasteiger partial charge on any atom is 0.161 e. The van der Waals surface area contributed by atoms with Crippen molar-refractivity contribution in [2.45, 2.75) is 19.3 Å². The van der Waals surface area contributed by atoms with Gasteiger partial charge in [0.25, 0.3) is 0 Å². The molecule has 34 heavy (non-hydrogen) atoms. The van der Waals surface area contributed by atoms with Crippen LogP contribution in [0.1, 0.15) is 25.0 Å². The molecule has 0 spiro atoms. The molecule has 0 radical (unpaired) electrons. The average molecular weight is 440 g/mol.